The summed E-state index contributed by atoms with van der Waals surface area (Å²) in [5.41, 5.74) is 1.41. The monoisotopic (exact) mass is 288 g/mol. The molecule has 1 aromatic carbocycles. The van der Waals surface area contributed by atoms with E-state index in [1.807, 2.05) is 0 Å². The molecule has 1 aromatic rings. The maximum absolute atomic E-state index is 5.93. The molecule has 3 heteroatoms. The molecule has 2 fully saturated rings. The van der Waals surface area contributed by atoms with Crippen LogP contribution in [0.2, 0.25) is 0 Å². The first kappa shape index (κ1) is 14.9. The Morgan fingerprint density at radius 2 is 1.90 bits per heavy atom. The molecule has 1 heterocycles. The molecule has 0 aromatic heterocycles. The summed E-state index contributed by atoms with van der Waals surface area (Å²) in [5.74, 6) is 1.89. The van der Waals surface area contributed by atoms with Crippen molar-refractivity contribution in [3.63, 3.8) is 0 Å². The van der Waals surface area contributed by atoms with Gasteiger partial charge in [0.2, 0.25) is 0 Å². The number of rotatable bonds is 5. The maximum atomic E-state index is 5.93. The smallest absolute Gasteiger partial charge is 0.124 e. The minimum absolute atomic E-state index is 0.539. The molecule has 2 aliphatic rings. The summed E-state index contributed by atoms with van der Waals surface area (Å²) in [4.78, 5) is 2.68. The fraction of sp³-hybridized carbons (Fsp3) is 0.667. The van der Waals surface area contributed by atoms with E-state index in [-0.39, 0.29) is 0 Å². The third-order valence-corrected chi connectivity index (χ3v) is 4.93. The van der Waals surface area contributed by atoms with Crippen molar-refractivity contribution in [2.45, 2.75) is 38.6 Å². The Hall–Kier alpha value is -1.06. The molecule has 3 rings (SSSR count). The van der Waals surface area contributed by atoms with Gasteiger partial charge in [-0.2, -0.15) is 0 Å². The number of nitrogens with zero attached hydrogens (tertiary/aromatic N) is 1. The van der Waals surface area contributed by atoms with Gasteiger partial charge in [-0.15, -0.1) is 0 Å². The van der Waals surface area contributed by atoms with Crippen LogP contribution in [0.15, 0.2) is 24.3 Å². The highest BCUT2D eigenvalue weighted by Crippen LogP contribution is 2.42. The van der Waals surface area contributed by atoms with Crippen LogP contribution in [0.5, 0.6) is 5.75 Å². The third-order valence-electron chi connectivity index (χ3n) is 4.93. The van der Waals surface area contributed by atoms with Gasteiger partial charge in [-0.05, 0) is 31.7 Å². The van der Waals surface area contributed by atoms with Crippen LogP contribution in [0.3, 0.4) is 0 Å². The molecule has 1 aliphatic heterocycles. The van der Waals surface area contributed by atoms with Gasteiger partial charge in [0, 0.05) is 37.8 Å². The van der Waals surface area contributed by atoms with Gasteiger partial charge in [0.1, 0.15) is 5.75 Å². The molecule has 21 heavy (non-hydrogen) atoms. The lowest BCUT2D eigenvalue weighted by Gasteiger charge is -2.39. The number of hydrogen-bond acceptors (Lipinski definition) is 3. The molecule has 1 saturated heterocycles. The van der Waals surface area contributed by atoms with Gasteiger partial charge in [-0.25, -0.2) is 0 Å². The quantitative estimate of drug-likeness (QED) is 0.900. The van der Waals surface area contributed by atoms with E-state index in [0.717, 1.165) is 44.5 Å². The van der Waals surface area contributed by atoms with Crippen LogP contribution in [0.25, 0.3) is 0 Å². The molecule has 3 nitrogen and oxygen atoms in total. The van der Waals surface area contributed by atoms with Crippen LogP contribution >= 0.6 is 0 Å². The average molecular weight is 288 g/mol. The molecule has 0 radical (unpaired) electrons. The molecule has 1 N–H and O–H groups in total. The minimum Gasteiger partial charge on any atom is -0.494 e. The lowest BCUT2D eigenvalue weighted by Crippen LogP contribution is -2.46. The van der Waals surface area contributed by atoms with Crippen molar-refractivity contribution in [1.29, 1.82) is 0 Å². The second kappa shape index (κ2) is 7.28. The zero-order valence-electron chi connectivity index (χ0n) is 13.2. The Kier molecular flexibility index (Phi) is 5.15. The van der Waals surface area contributed by atoms with E-state index in [9.17, 15) is 0 Å². The molecular weight excluding hydrogens is 260 g/mol. The lowest BCUT2D eigenvalue weighted by molar-refractivity contribution is 0.122. The zero-order chi connectivity index (χ0) is 14.5. The summed E-state index contributed by atoms with van der Waals surface area (Å²) in [5, 5.41) is 3.48. The summed E-state index contributed by atoms with van der Waals surface area (Å²) in [6.45, 7) is 7.35. The molecule has 1 atom stereocenters. The molecule has 0 unspecified atom stereocenters. The molecule has 0 amide bonds. The summed E-state index contributed by atoms with van der Waals surface area (Å²) in [6, 6.07) is 9.23. The summed E-state index contributed by atoms with van der Waals surface area (Å²) < 4.78 is 5.93. The fourth-order valence-electron chi connectivity index (χ4n) is 3.99. The second-order valence-electron chi connectivity index (χ2n) is 6.25. The first-order valence-corrected chi connectivity index (χ1v) is 8.56. The molecule has 0 spiro atoms. The lowest BCUT2D eigenvalue weighted by atomic mass is 9.89. The predicted molar refractivity (Wildman–Crippen MR) is 86.8 cm³/mol. The van der Waals surface area contributed by atoms with E-state index in [0.29, 0.717) is 6.04 Å². The Morgan fingerprint density at radius 1 is 1.19 bits per heavy atom. The number of ether oxygens (including phenoxy) is 1. The molecule has 1 aliphatic carbocycles. The van der Waals surface area contributed by atoms with Crippen molar-refractivity contribution in [3.05, 3.63) is 29.8 Å². The average Bonchev–Trinajstić information content (AvgIpc) is 3.05. The highest BCUT2D eigenvalue weighted by molar-refractivity contribution is 5.36. The topological polar surface area (TPSA) is 24.5 Å². The SMILES string of the molecule is CCOc1ccccc1[C@@H](C1CCCC1)N1CCNCC1. The van der Waals surface area contributed by atoms with E-state index in [1.165, 1.54) is 31.2 Å². The number of nitrogens with one attached hydrogen (secondary N) is 1. The van der Waals surface area contributed by atoms with Crippen molar-refractivity contribution in [2.75, 3.05) is 32.8 Å². The Balaban J connectivity index is 1.90. The van der Waals surface area contributed by atoms with Crippen LogP contribution in [0.4, 0.5) is 0 Å². The normalized spacial score (nSPS) is 22.3. The van der Waals surface area contributed by atoms with Crippen LogP contribution in [-0.4, -0.2) is 37.7 Å². The van der Waals surface area contributed by atoms with Crippen molar-refractivity contribution >= 4 is 0 Å². The van der Waals surface area contributed by atoms with Crippen molar-refractivity contribution in [1.82, 2.24) is 10.2 Å². The molecule has 1 saturated carbocycles. The third kappa shape index (κ3) is 3.41. The maximum Gasteiger partial charge on any atom is 0.124 e. The van der Waals surface area contributed by atoms with Crippen LogP contribution in [-0.2, 0) is 0 Å². The number of hydrogen-bond donors (Lipinski definition) is 1. The Morgan fingerprint density at radius 3 is 2.62 bits per heavy atom. The molecule has 116 valence electrons. The minimum atomic E-state index is 0.539. The first-order valence-electron chi connectivity index (χ1n) is 8.56. The van der Waals surface area contributed by atoms with Gasteiger partial charge in [0.25, 0.3) is 0 Å². The van der Waals surface area contributed by atoms with Crippen LogP contribution in [0, 0.1) is 5.92 Å². The molecule has 0 bridgehead atoms. The van der Waals surface area contributed by atoms with E-state index in [1.54, 1.807) is 0 Å². The Labute approximate surface area is 128 Å². The van der Waals surface area contributed by atoms with Gasteiger partial charge >= 0.3 is 0 Å². The predicted octanol–water partition coefficient (Wildman–Crippen LogP) is 3.22. The summed E-state index contributed by atoms with van der Waals surface area (Å²) in [7, 11) is 0. The van der Waals surface area contributed by atoms with Gasteiger partial charge in [-0.1, -0.05) is 31.0 Å². The number of para-hydroxylation sites is 1. The highest BCUT2D eigenvalue weighted by atomic mass is 16.5. The van der Waals surface area contributed by atoms with Gasteiger partial charge < -0.3 is 10.1 Å². The van der Waals surface area contributed by atoms with Gasteiger partial charge in [-0.3, -0.25) is 4.90 Å². The number of piperazine rings is 1. The Bertz CT molecular complexity index is 437. The van der Waals surface area contributed by atoms with E-state index >= 15 is 0 Å². The summed E-state index contributed by atoms with van der Waals surface area (Å²) in [6.07, 6.45) is 5.53. The fourth-order valence-corrected chi connectivity index (χ4v) is 3.99. The van der Waals surface area contributed by atoms with Gasteiger partial charge in [0.05, 0.1) is 6.61 Å². The largest absolute Gasteiger partial charge is 0.494 e. The van der Waals surface area contributed by atoms with E-state index < -0.39 is 0 Å². The van der Waals surface area contributed by atoms with Gasteiger partial charge in [0.15, 0.2) is 0 Å². The summed E-state index contributed by atoms with van der Waals surface area (Å²) >= 11 is 0. The highest BCUT2D eigenvalue weighted by Gasteiger charge is 2.33. The van der Waals surface area contributed by atoms with Crippen molar-refractivity contribution < 1.29 is 4.74 Å². The van der Waals surface area contributed by atoms with E-state index in [4.69, 9.17) is 4.74 Å². The standard InChI is InChI=1S/C18H28N2O/c1-2-21-17-10-6-5-9-16(17)18(15-7-3-4-8-15)20-13-11-19-12-14-20/h5-6,9-10,15,18-19H,2-4,7-8,11-14H2,1H3/t18-/m1/s1. The van der Waals surface area contributed by atoms with Crippen LogP contribution in [0.1, 0.15) is 44.2 Å². The van der Waals surface area contributed by atoms with Crippen LogP contribution < -0.4 is 10.1 Å². The molecular formula is C18H28N2O. The zero-order valence-corrected chi connectivity index (χ0v) is 13.2. The van der Waals surface area contributed by atoms with Crippen molar-refractivity contribution in [2.24, 2.45) is 5.92 Å². The second-order valence-corrected chi connectivity index (χ2v) is 6.25. The van der Waals surface area contributed by atoms with E-state index in [2.05, 4.69) is 41.4 Å². The number of benzene rings is 1. The first-order chi connectivity index (χ1) is 10.4. The van der Waals surface area contributed by atoms with Crippen molar-refractivity contribution in [3.8, 4) is 5.75 Å².